The second kappa shape index (κ2) is 5.25. The number of rotatable bonds is 2. The number of benzene rings is 1. The van der Waals surface area contributed by atoms with Crippen LogP contribution in [-0.4, -0.2) is 41.0 Å². The first-order valence-electron chi connectivity index (χ1n) is 7.00. The van der Waals surface area contributed by atoms with Crippen LogP contribution < -0.4 is 5.32 Å². The van der Waals surface area contributed by atoms with Crippen LogP contribution in [-0.2, 0) is 16.1 Å². The monoisotopic (exact) mass is 274 g/mol. The summed E-state index contributed by atoms with van der Waals surface area (Å²) in [7, 11) is 0. The smallest absolute Gasteiger partial charge is 0.326 e. The number of fused-ring (bicyclic) bond motifs is 1. The van der Waals surface area contributed by atoms with Gasteiger partial charge in [0.25, 0.3) is 0 Å². The number of amides is 1. The van der Waals surface area contributed by atoms with Gasteiger partial charge in [-0.05, 0) is 24.0 Å². The Balaban J connectivity index is 1.87. The second-order valence-electron chi connectivity index (χ2n) is 5.41. The summed E-state index contributed by atoms with van der Waals surface area (Å²) in [5.41, 5.74) is 2.16. The van der Waals surface area contributed by atoms with Crippen molar-refractivity contribution in [2.45, 2.75) is 31.3 Å². The van der Waals surface area contributed by atoms with Gasteiger partial charge in [-0.25, -0.2) is 4.79 Å². The first-order chi connectivity index (χ1) is 9.68. The molecule has 106 valence electrons. The summed E-state index contributed by atoms with van der Waals surface area (Å²) in [6, 6.07) is 7.23. The van der Waals surface area contributed by atoms with Gasteiger partial charge in [-0.1, -0.05) is 24.3 Å². The molecule has 1 aromatic carbocycles. The summed E-state index contributed by atoms with van der Waals surface area (Å²) >= 11 is 0. The van der Waals surface area contributed by atoms with Crippen LogP contribution in [0.25, 0.3) is 0 Å². The number of hydrogen-bond donors (Lipinski definition) is 2. The minimum atomic E-state index is -0.895. The van der Waals surface area contributed by atoms with E-state index >= 15 is 0 Å². The van der Waals surface area contributed by atoms with Gasteiger partial charge in [0.05, 0.1) is 5.92 Å². The van der Waals surface area contributed by atoms with E-state index in [1.165, 1.54) is 4.90 Å². The molecule has 1 aromatic rings. The van der Waals surface area contributed by atoms with Crippen molar-refractivity contribution in [1.82, 2.24) is 10.2 Å². The van der Waals surface area contributed by atoms with Gasteiger partial charge in [0, 0.05) is 19.6 Å². The molecule has 0 saturated carbocycles. The molecule has 3 rings (SSSR count). The van der Waals surface area contributed by atoms with Gasteiger partial charge >= 0.3 is 5.97 Å². The van der Waals surface area contributed by atoms with Gasteiger partial charge < -0.3 is 15.3 Å². The first kappa shape index (κ1) is 13.1. The Hall–Kier alpha value is -1.88. The highest BCUT2D eigenvalue weighted by Crippen LogP contribution is 2.29. The zero-order valence-electron chi connectivity index (χ0n) is 11.2. The van der Waals surface area contributed by atoms with Gasteiger partial charge in [-0.3, -0.25) is 4.79 Å². The molecule has 1 fully saturated rings. The molecule has 2 atom stereocenters. The van der Waals surface area contributed by atoms with Crippen LogP contribution in [0.2, 0.25) is 0 Å². The molecule has 0 aromatic heterocycles. The van der Waals surface area contributed by atoms with Crippen molar-refractivity contribution in [3.8, 4) is 0 Å². The van der Waals surface area contributed by atoms with E-state index in [1.54, 1.807) is 0 Å². The van der Waals surface area contributed by atoms with Crippen LogP contribution in [0.4, 0.5) is 0 Å². The van der Waals surface area contributed by atoms with Crippen molar-refractivity contribution in [1.29, 1.82) is 0 Å². The number of aliphatic carboxylic acids is 1. The van der Waals surface area contributed by atoms with Crippen molar-refractivity contribution in [2.24, 2.45) is 0 Å². The number of carbonyl (C=O) groups excluding carboxylic acids is 1. The van der Waals surface area contributed by atoms with Crippen molar-refractivity contribution in [2.75, 3.05) is 13.1 Å². The minimum Gasteiger partial charge on any atom is -0.480 e. The van der Waals surface area contributed by atoms with Crippen LogP contribution >= 0.6 is 0 Å². The number of nitrogens with zero attached hydrogens (tertiary/aromatic N) is 1. The second-order valence-corrected chi connectivity index (χ2v) is 5.41. The Morgan fingerprint density at radius 2 is 2.10 bits per heavy atom. The van der Waals surface area contributed by atoms with Crippen molar-refractivity contribution in [3.05, 3.63) is 35.4 Å². The van der Waals surface area contributed by atoms with E-state index in [1.807, 2.05) is 24.3 Å². The lowest BCUT2D eigenvalue weighted by atomic mass is 9.89. The van der Waals surface area contributed by atoms with Gasteiger partial charge in [0.2, 0.25) is 5.91 Å². The summed E-state index contributed by atoms with van der Waals surface area (Å²) in [5, 5.41) is 12.5. The molecular weight excluding hydrogens is 256 g/mol. The maximum atomic E-state index is 12.7. The van der Waals surface area contributed by atoms with E-state index in [0.29, 0.717) is 19.5 Å². The summed E-state index contributed by atoms with van der Waals surface area (Å²) in [4.78, 5) is 25.5. The molecule has 2 unspecified atom stereocenters. The average Bonchev–Trinajstić information content (AvgIpc) is 2.95. The minimum absolute atomic E-state index is 0.0606. The number of carbonyl (C=O) groups is 2. The summed E-state index contributed by atoms with van der Waals surface area (Å²) in [6.07, 6.45) is 1.33. The lowest BCUT2D eigenvalue weighted by molar-refractivity contribution is -0.148. The SMILES string of the molecule is O=C(O)C1CCCN1C(=O)C1CNCc2ccccc21. The summed E-state index contributed by atoms with van der Waals surface area (Å²) in [5.74, 6) is -1.22. The fourth-order valence-electron chi connectivity index (χ4n) is 3.20. The molecule has 2 heterocycles. The lowest BCUT2D eigenvalue weighted by Crippen LogP contribution is -2.46. The van der Waals surface area contributed by atoms with Crippen LogP contribution in [0.15, 0.2) is 24.3 Å². The molecule has 2 N–H and O–H groups in total. The maximum Gasteiger partial charge on any atom is 0.326 e. The van der Waals surface area contributed by atoms with Crippen LogP contribution in [0.5, 0.6) is 0 Å². The molecular formula is C15H18N2O3. The first-order valence-corrected chi connectivity index (χ1v) is 7.00. The molecule has 1 saturated heterocycles. The highest BCUT2D eigenvalue weighted by Gasteiger charge is 2.38. The van der Waals surface area contributed by atoms with E-state index < -0.39 is 12.0 Å². The molecule has 1 amide bonds. The normalized spacial score (nSPS) is 25.3. The average molecular weight is 274 g/mol. The molecule has 20 heavy (non-hydrogen) atoms. The Kier molecular flexibility index (Phi) is 3.44. The predicted octanol–water partition coefficient (Wildman–Crippen LogP) is 0.949. The zero-order valence-corrected chi connectivity index (χ0v) is 11.2. The van der Waals surface area contributed by atoms with E-state index in [2.05, 4.69) is 5.32 Å². The Morgan fingerprint density at radius 1 is 1.30 bits per heavy atom. The fraction of sp³-hybridized carbons (Fsp3) is 0.467. The quantitative estimate of drug-likeness (QED) is 0.842. The van der Waals surface area contributed by atoms with E-state index in [4.69, 9.17) is 0 Å². The van der Waals surface area contributed by atoms with Crippen LogP contribution in [0.3, 0.4) is 0 Å². The Bertz CT molecular complexity index is 544. The van der Waals surface area contributed by atoms with E-state index in [9.17, 15) is 14.7 Å². The highest BCUT2D eigenvalue weighted by molar-refractivity contribution is 5.89. The Labute approximate surface area is 117 Å². The van der Waals surface area contributed by atoms with Crippen molar-refractivity contribution in [3.63, 3.8) is 0 Å². The third-order valence-electron chi connectivity index (χ3n) is 4.21. The topological polar surface area (TPSA) is 69.6 Å². The number of nitrogens with one attached hydrogen (secondary N) is 1. The summed E-state index contributed by atoms with van der Waals surface area (Å²) < 4.78 is 0. The summed E-state index contributed by atoms with van der Waals surface area (Å²) in [6.45, 7) is 1.90. The molecule has 2 aliphatic heterocycles. The molecule has 0 bridgehead atoms. The third-order valence-corrected chi connectivity index (χ3v) is 4.21. The molecule has 0 radical (unpaired) electrons. The predicted molar refractivity (Wildman–Crippen MR) is 73.3 cm³/mol. The largest absolute Gasteiger partial charge is 0.480 e. The molecule has 5 nitrogen and oxygen atoms in total. The maximum absolute atomic E-state index is 12.7. The van der Waals surface area contributed by atoms with Crippen LogP contribution in [0.1, 0.15) is 29.9 Å². The van der Waals surface area contributed by atoms with Gasteiger partial charge in [-0.15, -0.1) is 0 Å². The van der Waals surface area contributed by atoms with Crippen LogP contribution in [0, 0.1) is 0 Å². The number of carboxylic acids is 1. The van der Waals surface area contributed by atoms with Crippen molar-refractivity contribution < 1.29 is 14.7 Å². The molecule has 0 spiro atoms. The Morgan fingerprint density at radius 3 is 2.90 bits per heavy atom. The standard InChI is InChI=1S/C15H18N2O3/c18-14(17-7-3-6-13(17)15(19)20)12-9-16-8-10-4-1-2-5-11(10)12/h1-2,4-5,12-13,16H,3,6-9H2,(H,19,20). The fourth-order valence-corrected chi connectivity index (χ4v) is 3.20. The third kappa shape index (κ3) is 2.18. The number of likely N-dealkylation sites (tertiary alicyclic amines) is 1. The molecule has 2 aliphatic rings. The van der Waals surface area contributed by atoms with E-state index in [-0.39, 0.29) is 11.8 Å². The van der Waals surface area contributed by atoms with Crippen molar-refractivity contribution >= 4 is 11.9 Å². The van der Waals surface area contributed by atoms with Gasteiger partial charge in [0.1, 0.15) is 6.04 Å². The number of carboxylic acid groups (broad SMARTS) is 1. The molecule has 0 aliphatic carbocycles. The van der Waals surface area contributed by atoms with Gasteiger partial charge in [0.15, 0.2) is 0 Å². The number of hydrogen-bond acceptors (Lipinski definition) is 3. The highest BCUT2D eigenvalue weighted by atomic mass is 16.4. The molecule has 5 heteroatoms. The van der Waals surface area contributed by atoms with Gasteiger partial charge in [-0.2, -0.15) is 0 Å². The lowest BCUT2D eigenvalue weighted by Gasteiger charge is -2.31. The zero-order chi connectivity index (χ0) is 14.1. The van der Waals surface area contributed by atoms with E-state index in [0.717, 1.165) is 24.1 Å².